The second kappa shape index (κ2) is 7.70. The first-order valence-corrected chi connectivity index (χ1v) is 10.3. The van der Waals surface area contributed by atoms with Crippen LogP contribution in [0.15, 0.2) is 66.9 Å². The van der Waals surface area contributed by atoms with Gasteiger partial charge in [-0.25, -0.2) is 4.79 Å². The van der Waals surface area contributed by atoms with E-state index in [0.717, 1.165) is 22.0 Å². The van der Waals surface area contributed by atoms with E-state index in [0.29, 0.717) is 26.1 Å². The van der Waals surface area contributed by atoms with Gasteiger partial charge in [-0.05, 0) is 17.7 Å². The Morgan fingerprint density at radius 3 is 2.57 bits per heavy atom. The molecule has 6 heteroatoms. The molecule has 30 heavy (non-hydrogen) atoms. The number of ether oxygens (including phenoxy) is 2. The van der Waals surface area contributed by atoms with E-state index in [9.17, 15) is 9.90 Å². The summed E-state index contributed by atoms with van der Waals surface area (Å²) in [5, 5.41) is 12.5. The van der Waals surface area contributed by atoms with Crippen LogP contribution in [0.4, 0.5) is 4.79 Å². The average Bonchev–Trinajstić information content (AvgIpc) is 2.77. The summed E-state index contributed by atoms with van der Waals surface area (Å²) in [7, 11) is 0. The molecule has 3 heterocycles. The highest BCUT2D eigenvalue weighted by Crippen LogP contribution is 2.41. The Morgan fingerprint density at radius 1 is 1.10 bits per heavy atom. The quantitative estimate of drug-likeness (QED) is 0.722. The molecule has 3 aromatic rings. The summed E-state index contributed by atoms with van der Waals surface area (Å²) >= 11 is 0. The molecular weight excluding hydrogens is 380 g/mol. The number of nitrogens with zero attached hydrogens (tertiary/aromatic N) is 2. The van der Waals surface area contributed by atoms with Crippen LogP contribution >= 0.6 is 0 Å². The number of piperidine rings is 1. The van der Waals surface area contributed by atoms with E-state index in [4.69, 9.17) is 9.47 Å². The smallest absolute Gasteiger partial charge is 0.410 e. The summed E-state index contributed by atoms with van der Waals surface area (Å²) < 4.78 is 11.3. The highest BCUT2D eigenvalue weighted by atomic mass is 16.6. The fraction of sp³-hybridized carbons (Fsp3) is 0.333. The zero-order chi connectivity index (χ0) is 20.6. The van der Waals surface area contributed by atoms with Crippen LogP contribution in [0.5, 0.6) is 0 Å². The highest BCUT2D eigenvalue weighted by molar-refractivity contribution is 5.79. The van der Waals surface area contributed by atoms with Crippen LogP contribution in [0, 0.1) is 0 Å². The molecule has 2 aliphatic heterocycles. The van der Waals surface area contributed by atoms with Crippen molar-refractivity contribution in [2.75, 3.05) is 13.2 Å². The Hall–Kier alpha value is -2.96. The summed E-state index contributed by atoms with van der Waals surface area (Å²) in [4.78, 5) is 19.1. The van der Waals surface area contributed by atoms with Crippen molar-refractivity contribution in [2.45, 2.75) is 37.1 Å². The SMILES string of the molecule is O=C(OCc1ccccc1)N1C2COCC1CC(O)(c1cnc3ccccc3c1)C2. The van der Waals surface area contributed by atoms with Gasteiger partial charge in [0.1, 0.15) is 6.61 Å². The van der Waals surface area contributed by atoms with Crippen LogP contribution in [-0.4, -0.2) is 46.4 Å². The fourth-order valence-electron chi connectivity index (χ4n) is 4.63. The molecule has 1 N–H and O–H groups in total. The standard InChI is InChI=1S/C24H24N2O4/c27-23(30-14-17-6-2-1-3-7-17)26-20-11-24(28,12-21(26)16-29-15-20)19-10-18-8-4-5-9-22(18)25-13-19/h1-10,13,20-21,28H,11-12,14-16H2. The number of pyridine rings is 1. The van der Waals surface area contributed by atoms with Crippen LogP contribution in [0.25, 0.3) is 10.9 Å². The van der Waals surface area contributed by atoms with Crippen molar-refractivity contribution in [1.29, 1.82) is 0 Å². The lowest BCUT2D eigenvalue weighted by atomic mass is 9.77. The predicted octanol–water partition coefficient (Wildman–Crippen LogP) is 3.62. The Bertz CT molecular complexity index is 1040. The van der Waals surface area contributed by atoms with E-state index in [2.05, 4.69) is 4.98 Å². The second-order valence-electron chi connectivity index (χ2n) is 8.15. The molecule has 0 radical (unpaired) electrons. The zero-order valence-electron chi connectivity index (χ0n) is 16.6. The molecule has 2 unspecified atom stereocenters. The van der Waals surface area contributed by atoms with E-state index in [1.807, 2.05) is 60.7 Å². The number of aliphatic hydroxyl groups is 1. The molecule has 2 fully saturated rings. The minimum absolute atomic E-state index is 0.231. The van der Waals surface area contributed by atoms with Crippen molar-refractivity contribution in [1.82, 2.24) is 9.88 Å². The first kappa shape index (κ1) is 19.0. The fourth-order valence-corrected chi connectivity index (χ4v) is 4.63. The number of carbonyl (C=O) groups excluding carboxylic acids is 1. The number of para-hydroxylation sites is 1. The van der Waals surface area contributed by atoms with Gasteiger partial charge in [0.05, 0.1) is 36.4 Å². The van der Waals surface area contributed by atoms with Crippen molar-refractivity contribution in [3.63, 3.8) is 0 Å². The number of morpholine rings is 1. The molecule has 2 saturated heterocycles. The molecule has 2 aliphatic rings. The van der Waals surface area contributed by atoms with Gasteiger partial charge in [-0.1, -0.05) is 48.5 Å². The first-order chi connectivity index (χ1) is 14.6. The minimum Gasteiger partial charge on any atom is -0.445 e. The molecule has 1 aromatic heterocycles. The number of hydrogen-bond acceptors (Lipinski definition) is 5. The van der Waals surface area contributed by atoms with Crippen molar-refractivity contribution in [2.24, 2.45) is 0 Å². The first-order valence-electron chi connectivity index (χ1n) is 10.3. The largest absolute Gasteiger partial charge is 0.445 e. The van der Waals surface area contributed by atoms with E-state index < -0.39 is 5.60 Å². The maximum absolute atomic E-state index is 12.9. The minimum atomic E-state index is -1.05. The molecule has 1 amide bonds. The Labute approximate surface area is 175 Å². The summed E-state index contributed by atoms with van der Waals surface area (Å²) in [6, 6.07) is 19.0. The van der Waals surface area contributed by atoms with Crippen LogP contribution < -0.4 is 0 Å². The van der Waals surface area contributed by atoms with Crippen LogP contribution in [-0.2, 0) is 21.7 Å². The van der Waals surface area contributed by atoms with Gasteiger partial charge < -0.3 is 14.6 Å². The van der Waals surface area contributed by atoms with Gasteiger partial charge in [-0.15, -0.1) is 0 Å². The van der Waals surface area contributed by atoms with Gasteiger partial charge >= 0.3 is 6.09 Å². The normalized spacial score (nSPS) is 25.8. The average molecular weight is 404 g/mol. The monoisotopic (exact) mass is 404 g/mol. The third-order valence-corrected chi connectivity index (χ3v) is 6.10. The Balaban J connectivity index is 1.35. The van der Waals surface area contributed by atoms with Crippen LogP contribution in [0.1, 0.15) is 24.0 Å². The zero-order valence-corrected chi connectivity index (χ0v) is 16.6. The Kier molecular flexibility index (Phi) is 4.89. The van der Waals surface area contributed by atoms with Gasteiger partial charge in [-0.3, -0.25) is 9.88 Å². The number of aromatic nitrogens is 1. The Morgan fingerprint density at radius 2 is 1.80 bits per heavy atom. The van der Waals surface area contributed by atoms with Crippen molar-refractivity contribution in [3.05, 3.63) is 78.0 Å². The predicted molar refractivity (Wildman–Crippen MR) is 112 cm³/mol. The van der Waals surface area contributed by atoms with Gasteiger partial charge in [0.25, 0.3) is 0 Å². The van der Waals surface area contributed by atoms with Crippen molar-refractivity contribution < 1.29 is 19.4 Å². The number of carbonyl (C=O) groups is 1. The lowest BCUT2D eigenvalue weighted by Gasteiger charge is -2.50. The van der Waals surface area contributed by atoms with Gasteiger partial charge in [0, 0.05) is 30.0 Å². The van der Waals surface area contributed by atoms with E-state index in [1.54, 1.807) is 11.1 Å². The molecule has 2 bridgehead atoms. The van der Waals surface area contributed by atoms with E-state index in [1.165, 1.54) is 0 Å². The molecule has 5 rings (SSSR count). The third-order valence-electron chi connectivity index (χ3n) is 6.10. The van der Waals surface area contributed by atoms with Crippen molar-refractivity contribution in [3.8, 4) is 0 Å². The summed E-state index contributed by atoms with van der Waals surface area (Å²) in [6.07, 6.45) is 2.19. The van der Waals surface area contributed by atoms with E-state index in [-0.39, 0.29) is 24.8 Å². The van der Waals surface area contributed by atoms with Gasteiger partial charge in [-0.2, -0.15) is 0 Å². The number of fused-ring (bicyclic) bond motifs is 3. The molecule has 2 atom stereocenters. The topological polar surface area (TPSA) is 71.9 Å². The second-order valence-corrected chi connectivity index (χ2v) is 8.15. The summed E-state index contributed by atoms with van der Waals surface area (Å²) in [5.74, 6) is 0. The molecular formula is C24H24N2O4. The van der Waals surface area contributed by atoms with Crippen LogP contribution in [0.2, 0.25) is 0 Å². The third kappa shape index (κ3) is 3.53. The number of amides is 1. The molecule has 154 valence electrons. The van der Waals surface area contributed by atoms with Gasteiger partial charge in [0.2, 0.25) is 0 Å². The molecule has 0 saturated carbocycles. The molecule has 2 aromatic carbocycles. The lowest BCUT2D eigenvalue weighted by Crippen LogP contribution is -2.62. The van der Waals surface area contributed by atoms with E-state index >= 15 is 0 Å². The van der Waals surface area contributed by atoms with Crippen molar-refractivity contribution >= 4 is 17.0 Å². The number of benzene rings is 2. The maximum atomic E-state index is 12.9. The lowest BCUT2D eigenvalue weighted by molar-refractivity contribution is -0.137. The molecule has 0 spiro atoms. The maximum Gasteiger partial charge on any atom is 0.410 e. The molecule has 0 aliphatic carbocycles. The summed E-state index contributed by atoms with van der Waals surface area (Å²) in [6.45, 7) is 1.01. The van der Waals surface area contributed by atoms with Crippen LogP contribution in [0.3, 0.4) is 0 Å². The molecule has 6 nitrogen and oxygen atoms in total. The number of rotatable bonds is 3. The number of hydrogen-bond donors (Lipinski definition) is 1. The highest BCUT2D eigenvalue weighted by Gasteiger charge is 2.49. The van der Waals surface area contributed by atoms with Gasteiger partial charge in [0.15, 0.2) is 0 Å². The summed E-state index contributed by atoms with van der Waals surface area (Å²) in [5.41, 5.74) is 1.58.